The molecule has 0 radical (unpaired) electrons. The second-order valence-corrected chi connectivity index (χ2v) is 3.80. The second kappa shape index (κ2) is 6.00. The van der Waals surface area contributed by atoms with Crippen LogP contribution in [0.2, 0.25) is 0 Å². The van der Waals surface area contributed by atoms with Gasteiger partial charge in [-0.05, 0) is 13.0 Å². The smallest absolute Gasteiger partial charge is 0.327 e. The van der Waals surface area contributed by atoms with Crippen molar-refractivity contribution in [3.63, 3.8) is 0 Å². The molecule has 1 aromatic carbocycles. The van der Waals surface area contributed by atoms with E-state index in [1.807, 2.05) is 0 Å². The lowest BCUT2D eigenvalue weighted by atomic mass is 10.1. The average molecular weight is 280 g/mol. The van der Waals surface area contributed by atoms with Crippen LogP contribution in [0, 0.1) is 10.1 Å². The van der Waals surface area contributed by atoms with Gasteiger partial charge in [0.1, 0.15) is 6.54 Å². The number of nitro benzene ring substituents is 1. The Bertz CT molecular complexity index is 569. The molecule has 0 saturated carbocycles. The van der Waals surface area contributed by atoms with Crippen LogP contribution >= 0.6 is 0 Å². The molecular formula is C12H12N2O6. The van der Waals surface area contributed by atoms with Gasteiger partial charge in [0.25, 0.3) is 5.69 Å². The lowest BCUT2D eigenvalue weighted by molar-refractivity contribution is -0.385. The molecule has 0 spiro atoms. The van der Waals surface area contributed by atoms with Crippen molar-refractivity contribution >= 4 is 17.9 Å². The van der Waals surface area contributed by atoms with Gasteiger partial charge >= 0.3 is 5.97 Å². The lowest BCUT2D eigenvalue weighted by Gasteiger charge is -2.01. The van der Waals surface area contributed by atoms with E-state index in [0.29, 0.717) is 11.5 Å². The zero-order valence-electron chi connectivity index (χ0n) is 10.7. The van der Waals surface area contributed by atoms with Crippen molar-refractivity contribution in [3.05, 3.63) is 27.8 Å². The van der Waals surface area contributed by atoms with E-state index in [1.54, 1.807) is 6.92 Å². The Morgan fingerprint density at radius 1 is 1.50 bits per heavy atom. The van der Waals surface area contributed by atoms with E-state index in [9.17, 15) is 14.9 Å². The highest BCUT2D eigenvalue weighted by Gasteiger charge is 2.22. The van der Waals surface area contributed by atoms with Crippen molar-refractivity contribution in [3.8, 4) is 11.5 Å². The summed E-state index contributed by atoms with van der Waals surface area (Å²) in [5, 5.41) is 11.0. The van der Waals surface area contributed by atoms with Crippen molar-refractivity contribution in [1.29, 1.82) is 0 Å². The first-order chi connectivity index (χ1) is 9.61. The summed E-state index contributed by atoms with van der Waals surface area (Å²) >= 11 is 0. The summed E-state index contributed by atoms with van der Waals surface area (Å²) in [7, 11) is 0. The van der Waals surface area contributed by atoms with Gasteiger partial charge in [-0.1, -0.05) is 0 Å². The summed E-state index contributed by atoms with van der Waals surface area (Å²) in [5.74, 6) is 0.236. The fourth-order valence-electron chi connectivity index (χ4n) is 1.63. The summed E-state index contributed by atoms with van der Waals surface area (Å²) in [4.78, 5) is 25.4. The van der Waals surface area contributed by atoms with Crippen LogP contribution in [0.3, 0.4) is 0 Å². The molecule has 0 saturated heterocycles. The molecule has 1 heterocycles. The van der Waals surface area contributed by atoms with Gasteiger partial charge in [-0.3, -0.25) is 19.9 Å². The van der Waals surface area contributed by atoms with E-state index in [-0.39, 0.29) is 31.2 Å². The molecule has 8 nitrogen and oxygen atoms in total. The molecule has 0 N–H and O–H groups in total. The van der Waals surface area contributed by atoms with Crippen LogP contribution < -0.4 is 9.47 Å². The van der Waals surface area contributed by atoms with Crippen molar-refractivity contribution in [2.24, 2.45) is 4.99 Å². The molecule has 20 heavy (non-hydrogen) atoms. The number of hydrogen-bond donors (Lipinski definition) is 0. The van der Waals surface area contributed by atoms with Crippen LogP contribution in [-0.4, -0.2) is 37.1 Å². The minimum absolute atomic E-state index is 0.0237. The molecule has 106 valence electrons. The van der Waals surface area contributed by atoms with Crippen LogP contribution in [0.1, 0.15) is 12.5 Å². The number of ether oxygens (including phenoxy) is 3. The third kappa shape index (κ3) is 3.02. The second-order valence-electron chi connectivity index (χ2n) is 3.80. The van der Waals surface area contributed by atoms with Crippen LogP contribution in [0.5, 0.6) is 11.5 Å². The molecule has 0 aliphatic carbocycles. The Balaban J connectivity index is 2.20. The summed E-state index contributed by atoms with van der Waals surface area (Å²) in [6.07, 6.45) is 1.25. The third-order valence-corrected chi connectivity index (χ3v) is 2.47. The molecule has 1 aliphatic rings. The number of carbonyl (C=O) groups excluding carboxylic acids is 1. The van der Waals surface area contributed by atoms with Crippen LogP contribution in [-0.2, 0) is 9.53 Å². The Labute approximate surface area is 114 Å². The Morgan fingerprint density at radius 2 is 2.20 bits per heavy atom. The number of nitrogens with zero attached hydrogens (tertiary/aromatic N) is 2. The van der Waals surface area contributed by atoms with E-state index in [1.165, 1.54) is 18.3 Å². The first-order valence-electron chi connectivity index (χ1n) is 5.85. The monoisotopic (exact) mass is 280 g/mol. The summed E-state index contributed by atoms with van der Waals surface area (Å²) in [5.41, 5.74) is 0.0745. The van der Waals surface area contributed by atoms with Crippen molar-refractivity contribution < 1.29 is 23.9 Å². The van der Waals surface area contributed by atoms with Gasteiger partial charge in [0.05, 0.1) is 23.2 Å². The normalized spacial score (nSPS) is 12.7. The van der Waals surface area contributed by atoms with Gasteiger partial charge in [-0.25, -0.2) is 0 Å². The first-order valence-corrected chi connectivity index (χ1v) is 5.85. The zero-order valence-corrected chi connectivity index (χ0v) is 10.7. The van der Waals surface area contributed by atoms with Gasteiger partial charge in [-0.2, -0.15) is 0 Å². The van der Waals surface area contributed by atoms with E-state index in [4.69, 9.17) is 14.2 Å². The van der Waals surface area contributed by atoms with E-state index >= 15 is 0 Å². The van der Waals surface area contributed by atoms with E-state index in [0.717, 1.165) is 0 Å². The predicted molar refractivity (Wildman–Crippen MR) is 68.3 cm³/mol. The van der Waals surface area contributed by atoms with Gasteiger partial charge in [0, 0.05) is 6.21 Å². The van der Waals surface area contributed by atoms with Crippen LogP contribution in [0.4, 0.5) is 5.69 Å². The summed E-state index contributed by atoms with van der Waals surface area (Å²) in [6.45, 7) is 1.78. The maximum atomic E-state index is 11.1. The summed E-state index contributed by atoms with van der Waals surface area (Å²) < 4.78 is 14.9. The number of benzene rings is 1. The first kappa shape index (κ1) is 13.8. The zero-order chi connectivity index (χ0) is 14.5. The Morgan fingerprint density at radius 3 is 2.85 bits per heavy atom. The number of nitro groups is 1. The largest absolute Gasteiger partial charge is 0.465 e. The van der Waals surface area contributed by atoms with Crippen LogP contribution in [0.15, 0.2) is 17.1 Å². The minimum Gasteiger partial charge on any atom is -0.465 e. The van der Waals surface area contributed by atoms with Gasteiger partial charge in [-0.15, -0.1) is 0 Å². The number of carbonyl (C=O) groups is 1. The standard InChI is InChI=1S/C12H12N2O6/c1-2-18-12(15)6-13-5-8-3-10-11(20-7-19-10)4-9(8)14(16)17/h3-5H,2,6-7H2,1H3. The molecule has 1 aliphatic heterocycles. The fraction of sp³-hybridized carbons (Fsp3) is 0.333. The number of esters is 1. The lowest BCUT2D eigenvalue weighted by Crippen LogP contribution is -2.07. The quantitative estimate of drug-likeness (QED) is 0.349. The molecule has 0 atom stereocenters. The highest BCUT2D eigenvalue weighted by Crippen LogP contribution is 2.37. The topological polar surface area (TPSA) is 100 Å². The number of hydrogen-bond acceptors (Lipinski definition) is 7. The van der Waals surface area contributed by atoms with E-state index < -0.39 is 10.9 Å². The average Bonchev–Trinajstić information content (AvgIpc) is 2.85. The summed E-state index contributed by atoms with van der Waals surface area (Å²) in [6, 6.07) is 2.73. The molecule has 1 aromatic rings. The van der Waals surface area contributed by atoms with E-state index in [2.05, 4.69) is 4.99 Å². The molecule has 2 rings (SSSR count). The van der Waals surface area contributed by atoms with Gasteiger partial charge in [0.2, 0.25) is 6.79 Å². The Kier molecular flexibility index (Phi) is 4.14. The molecule has 8 heteroatoms. The molecule has 0 aromatic heterocycles. The van der Waals surface area contributed by atoms with Crippen LogP contribution in [0.25, 0.3) is 0 Å². The maximum Gasteiger partial charge on any atom is 0.327 e. The third-order valence-electron chi connectivity index (χ3n) is 2.47. The highest BCUT2D eigenvalue weighted by molar-refractivity contribution is 5.88. The van der Waals surface area contributed by atoms with Crippen molar-refractivity contribution in [2.45, 2.75) is 6.92 Å². The fourth-order valence-corrected chi connectivity index (χ4v) is 1.63. The predicted octanol–water partition coefficient (Wildman–Crippen LogP) is 1.31. The molecule has 0 fully saturated rings. The van der Waals surface area contributed by atoms with Gasteiger partial charge in [0.15, 0.2) is 11.5 Å². The molecule has 0 unspecified atom stereocenters. The Hall–Kier alpha value is -2.64. The number of fused-ring (bicyclic) bond motifs is 1. The molecular weight excluding hydrogens is 268 g/mol. The minimum atomic E-state index is -0.548. The highest BCUT2D eigenvalue weighted by atomic mass is 16.7. The number of aliphatic imine (C=N–C) groups is 1. The maximum absolute atomic E-state index is 11.1. The van der Waals surface area contributed by atoms with Crippen molar-refractivity contribution in [1.82, 2.24) is 0 Å². The molecule has 0 amide bonds. The molecule has 0 bridgehead atoms. The van der Waals surface area contributed by atoms with Gasteiger partial charge < -0.3 is 14.2 Å². The van der Waals surface area contributed by atoms with Crippen molar-refractivity contribution in [2.75, 3.05) is 19.9 Å². The number of rotatable bonds is 5. The SMILES string of the molecule is CCOC(=O)CN=Cc1cc2c(cc1[N+](=O)[O-])OCO2.